The average Bonchev–Trinajstić information content (AvgIpc) is 2.40. The highest BCUT2D eigenvalue weighted by atomic mass is 16.5. The van der Waals surface area contributed by atoms with Crippen LogP contribution in [0.3, 0.4) is 0 Å². The van der Waals surface area contributed by atoms with Crippen LogP contribution in [-0.4, -0.2) is 29.8 Å². The smallest absolute Gasteiger partial charge is 0.129 e. The summed E-state index contributed by atoms with van der Waals surface area (Å²) in [4.78, 5) is 2.56. The molecule has 2 fully saturated rings. The van der Waals surface area contributed by atoms with E-state index in [-0.39, 0.29) is 0 Å². The van der Waals surface area contributed by atoms with Crippen LogP contribution in [-0.2, 0) is 4.74 Å². The minimum Gasteiger partial charge on any atom is -0.358 e. The molecule has 0 aromatic heterocycles. The molecule has 0 bridgehead atoms. The van der Waals surface area contributed by atoms with Gasteiger partial charge in [-0.05, 0) is 31.9 Å². The molecule has 0 amide bonds. The van der Waals surface area contributed by atoms with E-state index in [2.05, 4.69) is 35.2 Å². The van der Waals surface area contributed by atoms with Gasteiger partial charge in [-0.1, -0.05) is 36.8 Å². The molecule has 3 nitrogen and oxygen atoms in total. The van der Waals surface area contributed by atoms with Gasteiger partial charge in [-0.25, -0.2) is 0 Å². The first kappa shape index (κ1) is 12.2. The van der Waals surface area contributed by atoms with Crippen LogP contribution in [0.4, 0.5) is 0 Å². The zero-order valence-electron chi connectivity index (χ0n) is 11.0. The van der Waals surface area contributed by atoms with Gasteiger partial charge < -0.3 is 10.5 Å². The first-order valence-corrected chi connectivity index (χ1v) is 6.92. The molecule has 3 unspecified atom stereocenters. The number of benzene rings is 1. The zero-order chi connectivity index (χ0) is 12.6. The van der Waals surface area contributed by atoms with E-state index in [1.54, 1.807) is 0 Å². The molecule has 3 atom stereocenters. The lowest BCUT2D eigenvalue weighted by atomic mass is 9.88. The van der Waals surface area contributed by atoms with Gasteiger partial charge in [0.2, 0.25) is 0 Å². The Kier molecular flexibility index (Phi) is 3.14. The lowest BCUT2D eigenvalue weighted by Gasteiger charge is -2.52. The van der Waals surface area contributed by atoms with Crippen LogP contribution < -0.4 is 5.73 Å². The number of fused-ring (bicyclic) bond motifs is 1. The highest BCUT2D eigenvalue weighted by Crippen LogP contribution is 2.37. The fourth-order valence-electron chi connectivity index (χ4n) is 3.36. The Balaban J connectivity index is 1.89. The Morgan fingerprint density at radius 3 is 2.83 bits per heavy atom. The van der Waals surface area contributed by atoms with Gasteiger partial charge in [0.05, 0.1) is 18.7 Å². The maximum atomic E-state index is 6.31. The van der Waals surface area contributed by atoms with Crippen molar-refractivity contribution in [1.29, 1.82) is 0 Å². The summed E-state index contributed by atoms with van der Waals surface area (Å²) in [6.07, 6.45) is 3.69. The number of nitrogens with two attached hydrogens (primary N) is 1. The van der Waals surface area contributed by atoms with Gasteiger partial charge in [0.1, 0.15) is 5.72 Å². The monoisotopic (exact) mass is 246 g/mol. The number of ether oxygens (including phenoxy) is 1. The Hall–Kier alpha value is -0.900. The van der Waals surface area contributed by atoms with Crippen LogP contribution in [0.5, 0.6) is 0 Å². The second-order valence-corrected chi connectivity index (χ2v) is 5.67. The predicted molar refractivity (Wildman–Crippen MR) is 72.1 cm³/mol. The highest BCUT2D eigenvalue weighted by molar-refractivity contribution is 5.20. The van der Waals surface area contributed by atoms with Crippen molar-refractivity contribution in [2.24, 2.45) is 5.73 Å². The maximum Gasteiger partial charge on any atom is 0.129 e. The number of nitrogens with zero attached hydrogens (tertiary/aromatic N) is 1. The summed E-state index contributed by atoms with van der Waals surface area (Å²) in [6, 6.07) is 11.4. The number of morpholine rings is 1. The van der Waals surface area contributed by atoms with Gasteiger partial charge in [0, 0.05) is 0 Å². The van der Waals surface area contributed by atoms with E-state index >= 15 is 0 Å². The molecule has 3 rings (SSSR count). The molecular weight excluding hydrogens is 224 g/mol. The van der Waals surface area contributed by atoms with E-state index in [9.17, 15) is 0 Å². The normalized spacial score (nSPS) is 37.2. The quantitative estimate of drug-likeness (QED) is 0.826. The van der Waals surface area contributed by atoms with Crippen LogP contribution in [0.25, 0.3) is 0 Å². The van der Waals surface area contributed by atoms with Crippen molar-refractivity contribution < 1.29 is 4.74 Å². The fourth-order valence-corrected chi connectivity index (χ4v) is 3.36. The lowest BCUT2D eigenvalue weighted by molar-refractivity contribution is -0.171. The largest absolute Gasteiger partial charge is 0.358 e. The van der Waals surface area contributed by atoms with Crippen LogP contribution >= 0.6 is 0 Å². The molecule has 0 saturated carbocycles. The molecule has 2 aliphatic rings. The van der Waals surface area contributed by atoms with E-state index in [0.29, 0.717) is 18.7 Å². The molecule has 0 spiro atoms. The molecule has 2 saturated heterocycles. The van der Waals surface area contributed by atoms with E-state index in [4.69, 9.17) is 10.5 Å². The van der Waals surface area contributed by atoms with Crippen LogP contribution in [0.2, 0.25) is 0 Å². The number of piperidine rings is 1. The van der Waals surface area contributed by atoms with Gasteiger partial charge in [-0.2, -0.15) is 0 Å². The van der Waals surface area contributed by atoms with Crippen molar-refractivity contribution in [3.8, 4) is 0 Å². The molecular formula is C15H22N2O. The summed E-state index contributed by atoms with van der Waals surface area (Å²) in [5.74, 6) is 0. The molecule has 2 heterocycles. The lowest BCUT2D eigenvalue weighted by Crippen LogP contribution is -2.65. The molecule has 2 aliphatic heterocycles. The Morgan fingerprint density at radius 1 is 1.28 bits per heavy atom. The third kappa shape index (κ3) is 2.07. The third-order valence-electron chi connectivity index (χ3n) is 4.34. The van der Waals surface area contributed by atoms with E-state index in [1.165, 1.54) is 18.4 Å². The third-order valence-corrected chi connectivity index (χ3v) is 4.34. The average molecular weight is 246 g/mol. The Bertz CT molecular complexity index is 404. The van der Waals surface area contributed by atoms with Gasteiger partial charge in [0.25, 0.3) is 0 Å². The predicted octanol–water partition coefficient (Wildman–Crippen LogP) is 2.29. The van der Waals surface area contributed by atoms with Gasteiger partial charge in [0.15, 0.2) is 0 Å². The molecule has 18 heavy (non-hydrogen) atoms. The number of hydrogen-bond donors (Lipinski definition) is 1. The number of rotatable bonds is 1. The van der Waals surface area contributed by atoms with Crippen molar-refractivity contribution in [3.63, 3.8) is 0 Å². The van der Waals surface area contributed by atoms with E-state index in [1.807, 2.05) is 6.92 Å². The summed E-state index contributed by atoms with van der Waals surface area (Å²) >= 11 is 0. The zero-order valence-corrected chi connectivity index (χ0v) is 11.0. The number of hydrogen-bond acceptors (Lipinski definition) is 3. The summed E-state index contributed by atoms with van der Waals surface area (Å²) < 4.78 is 5.94. The SMILES string of the molecule is CC1(N)OCC(c2ccccc2)N2CCCCC21. The molecule has 0 radical (unpaired) electrons. The second-order valence-electron chi connectivity index (χ2n) is 5.67. The maximum absolute atomic E-state index is 6.31. The molecule has 1 aromatic carbocycles. The van der Waals surface area contributed by atoms with Gasteiger partial charge in [-0.3, -0.25) is 4.90 Å². The Morgan fingerprint density at radius 2 is 2.06 bits per heavy atom. The fraction of sp³-hybridized carbons (Fsp3) is 0.600. The van der Waals surface area contributed by atoms with E-state index < -0.39 is 5.72 Å². The van der Waals surface area contributed by atoms with Crippen LogP contribution in [0.1, 0.15) is 37.8 Å². The first-order valence-electron chi connectivity index (χ1n) is 6.92. The minimum absolute atomic E-state index is 0.352. The highest BCUT2D eigenvalue weighted by Gasteiger charge is 2.44. The van der Waals surface area contributed by atoms with Gasteiger partial charge in [-0.15, -0.1) is 0 Å². The van der Waals surface area contributed by atoms with Crippen molar-refractivity contribution in [2.75, 3.05) is 13.2 Å². The molecule has 3 heteroatoms. The summed E-state index contributed by atoms with van der Waals surface area (Å²) in [5, 5.41) is 0. The molecule has 0 aliphatic carbocycles. The summed E-state index contributed by atoms with van der Waals surface area (Å²) in [5.41, 5.74) is 7.16. The molecule has 98 valence electrons. The molecule has 2 N–H and O–H groups in total. The summed E-state index contributed by atoms with van der Waals surface area (Å²) in [7, 11) is 0. The van der Waals surface area contributed by atoms with Crippen molar-refractivity contribution in [3.05, 3.63) is 35.9 Å². The van der Waals surface area contributed by atoms with Crippen molar-refractivity contribution in [1.82, 2.24) is 4.90 Å². The minimum atomic E-state index is -0.494. The Labute approximate surface area is 109 Å². The van der Waals surface area contributed by atoms with Crippen molar-refractivity contribution in [2.45, 2.75) is 44.0 Å². The van der Waals surface area contributed by atoms with E-state index in [0.717, 1.165) is 13.0 Å². The summed E-state index contributed by atoms with van der Waals surface area (Å²) in [6.45, 7) is 3.87. The van der Waals surface area contributed by atoms with Gasteiger partial charge >= 0.3 is 0 Å². The topological polar surface area (TPSA) is 38.5 Å². The molecule has 1 aromatic rings. The second kappa shape index (κ2) is 4.65. The first-order chi connectivity index (χ1) is 8.68. The van der Waals surface area contributed by atoms with Crippen LogP contribution in [0.15, 0.2) is 30.3 Å². The van der Waals surface area contributed by atoms with Crippen molar-refractivity contribution >= 4 is 0 Å². The van der Waals surface area contributed by atoms with Crippen LogP contribution in [0, 0.1) is 0 Å². The standard InChI is InChI=1S/C15H22N2O/c1-15(16)14-9-5-6-10-17(14)13(11-18-15)12-7-3-2-4-8-12/h2-4,7-8,13-14H,5-6,9-11,16H2,1H3.